The molecule has 0 saturated carbocycles. The average Bonchev–Trinajstić information content (AvgIpc) is 2.37. The van der Waals surface area contributed by atoms with Crippen molar-refractivity contribution in [2.75, 3.05) is 13.7 Å². The van der Waals surface area contributed by atoms with Gasteiger partial charge in [0.25, 0.3) is 0 Å². The number of para-hydroxylation sites is 1. The number of benzene rings is 1. The maximum Gasteiger partial charge on any atom is 0.134 e. The molecule has 0 unspecified atom stereocenters. The molecule has 0 saturated heterocycles. The first-order chi connectivity index (χ1) is 8.31. The summed E-state index contributed by atoms with van der Waals surface area (Å²) in [7, 11) is 1.70. The molecule has 3 nitrogen and oxygen atoms in total. The molecule has 0 amide bonds. The van der Waals surface area contributed by atoms with E-state index in [0.29, 0.717) is 5.02 Å². The number of hydrogen-bond donors (Lipinski definition) is 1. The molecule has 1 aromatic heterocycles. The maximum absolute atomic E-state index is 6.19. The zero-order valence-electron chi connectivity index (χ0n) is 9.59. The summed E-state index contributed by atoms with van der Waals surface area (Å²) < 4.78 is 5.54. The first-order valence-electron chi connectivity index (χ1n) is 5.66. The molecule has 3 rings (SSSR count). The molecule has 88 valence electrons. The fourth-order valence-corrected chi connectivity index (χ4v) is 2.57. The summed E-state index contributed by atoms with van der Waals surface area (Å²) in [6.45, 7) is 1.77. The minimum Gasteiger partial charge on any atom is -0.496 e. The summed E-state index contributed by atoms with van der Waals surface area (Å²) in [6, 6.07) is 5.79. The second kappa shape index (κ2) is 4.17. The van der Waals surface area contributed by atoms with Crippen molar-refractivity contribution in [1.29, 1.82) is 0 Å². The number of rotatable bonds is 1. The molecule has 0 aliphatic carbocycles. The van der Waals surface area contributed by atoms with Crippen LogP contribution in [0.3, 0.4) is 0 Å². The Bertz CT molecular complexity index is 583. The van der Waals surface area contributed by atoms with Crippen LogP contribution in [0.25, 0.3) is 10.9 Å². The Labute approximate surface area is 105 Å². The quantitative estimate of drug-likeness (QED) is 0.842. The van der Waals surface area contributed by atoms with Gasteiger partial charge in [-0.2, -0.15) is 0 Å². The van der Waals surface area contributed by atoms with E-state index in [2.05, 4.69) is 10.3 Å². The number of hydrogen-bond acceptors (Lipinski definition) is 3. The van der Waals surface area contributed by atoms with Gasteiger partial charge in [0.15, 0.2) is 0 Å². The second-order valence-electron chi connectivity index (χ2n) is 4.13. The van der Waals surface area contributed by atoms with Crippen LogP contribution in [0.4, 0.5) is 0 Å². The Kier molecular flexibility index (Phi) is 2.65. The number of methoxy groups -OCH3 is 1. The largest absolute Gasteiger partial charge is 0.496 e. The van der Waals surface area contributed by atoms with Crippen LogP contribution in [0.5, 0.6) is 5.75 Å². The Morgan fingerprint density at radius 3 is 3.12 bits per heavy atom. The van der Waals surface area contributed by atoms with E-state index in [1.807, 2.05) is 18.2 Å². The topological polar surface area (TPSA) is 34.1 Å². The van der Waals surface area contributed by atoms with Crippen LogP contribution in [0.1, 0.15) is 11.3 Å². The van der Waals surface area contributed by atoms with Gasteiger partial charge in [0.05, 0.1) is 23.3 Å². The van der Waals surface area contributed by atoms with Crippen molar-refractivity contribution in [2.24, 2.45) is 0 Å². The van der Waals surface area contributed by atoms with Gasteiger partial charge >= 0.3 is 0 Å². The molecule has 4 heteroatoms. The molecule has 0 bridgehead atoms. The maximum atomic E-state index is 6.19. The smallest absolute Gasteiger partial charge is 0.134 e. The molecule has 0 radical (unpaired) electrons. The van der Waals surface area contributed by atoms with Crippen LogP contribution in [-0.4, -0.2) is 18.6 Å². The molecule has 2 heterocycles. The van der Waals surface area contributed by atoms with Crippen molar-refractivity contribution in [2.45, 2.75) is 13.0 Å². The molecule has 1 aromatic carbocycles. The van der Waals surface area contributed by atoms with E-state index in [4.69, 9.17) is 16.3 Å². The lowest BCUT2D eigenvalue weighted by Gasteiger charge is -2.20. The number of fused-ring (bicyclic) bond motifs is 2. The Hall–Kier alpha value is -1.32. The number of aromatic nitrogens is 1. The highest BCUT2D eigenvalue weighted by Crippen LogP contribution is 2.34. The predicted molar refractivity (Wildman–Crippen MR) is 68.7 cm³/mol. The molecule has 0 spiro atoms. The lowest BCUT2D eigenvalue weighted by Crippen LogP contribution is -2.25. The van der Waals surface area contributed by atoms with Crippen molar-refractivity contribution in [3.63, 3.8) is 0 Å². The Morgan fingerprint density at radius 2 is 2.29 bits per heavy atom. The lowest BCUT2D eigenvalue weighted by molar-refractivity contribution is 0.409. The molecule has 0 atom stereocenters. The summed E-state index contributed by atoms with van der Waals surface area (Å²) in [5.41, 5.74) is 3.10. The van der Waals surface area contributed by atoms with Crippen molar-refractivity contribution in [1.82, 2.24) is 10.3 Å². The van der Waals surface area contributed by atoms with E-state index in [0.717, 1.165) is 47.4 Å². The van der Waals surface area contributed by atoms with Crippen LogP contribution >= 0.6 is 11.6 Å². The lowest BCUT2D eigenvalue weighted by atomic mass is 10.0. The standard InChI is InChI=1S/C13H13ClN2O/c1-17-13-8-3-2-4-10(14)12(8)16-11-5-6-15-7-9(11)13/h2-4,15H,5-7H2,1H3. The van der Waals surface area contributed by atoms with Crippen LogP contribution in [0, 0.1) is 0 Å². The number of nitrogens with zero attached hydrogens (tertiary/aromatic N) is 1. The molecule has 0 fully saturated rings. The normalized spacial score (nSPS) is 14.7. The SMILES string of the molecule is COc1c2c(nc3c(Cl)cccc13)CCNC2. The summed E-state index contributed by atoms with van der Waals surface area (Å²) in [4.78, 5) is 4.67. The van der Waals surface area contributed by atoms with E-state index < -0.39 is 0 Å². The first-order valence-corrected chi connectivity index (χ1v) is 6.03. The number of halogens is 1. The first kappa shape index (κ1) is 10.8. The monoisotopic (exact) mass is 248 g/mol. The van der Waals surface area contributed by atoms with Crippen molar-refractivity contribution >= 4 is 22.5 Å². The summed E-state index contributed by atoms with van der Waals surface area (Å²) in [6.07, 6.45) is 0.923. The predicted octanol–water partition coefficient (Wildman–Crippen LogP) is 2.54. The average molecular weight is 249 g/mol. The third-order valence-corrected chi connectivity index (χ3v) is 3.45. The zero-order chi connectivity index (χ0) is 11.8. The van der Waals surface area contributed by atoms with Gasteiger partial charge in [-0.1, -0.05) is 17.7 Å². The molecular weight excluding hydrogens is 236 g/mol. The highest BCUT2D eigenvalue weighted by Gasteiger charge is 2.19. The third kappa shape index (κ3) is 1.66. The number of pyridine rings is 1. The fraction of sp³-hybridized carbons (Fsp3) is 0.308. The number of ether oxygens (including phenoxy) is 1. The van der Waals surface area contributed by atoms with Gasteiger partial charge in [-0.3, -0.25) is 4.98 Å². The number of nitrogens with one attached hydrogen (secondary N) is 1. The van der Waals surface area contributed by atoms with E-state index in [1.54, 1.807) is 7.11 Å². The molecule has 1 N–H and O–H groups in total. The van der Waals surface area contributed by atoms with Gasteiger partial charge in [0.1, 0.15) is 5.75 Å². The van der Waals surface area contributed by atoms with Crippen molar-refractivity contribution in [3.05, 3.63) is 34.5 Å². The van der Waals surface area contributed by atoms with E-state index in [1.165, 1.54) is 0 Å². The van der Waals surface area contributed by atoms with Crippen LogP contribution in [-0.2, 0) is 13.0 Å². The third-order valence-electron chi connectivity index (χ3n) is 3.15. The van der Waals surface area contributed by atoms with Gasteiger partial charge in [0, 0.05) is 30.5 Å². The highest BCUT2D eigenvalue weighted by molar-refractivity contribution is 6.35. The van der Waals surface area contributed by atoms with Crippen LogP contribution in [0.15, 0.2) is 18.2 Å². The van der Waals surface area contributed by atoms with Gasteiger partial charge in [0.2, 0.25) is 0 Å². The van der Waals surface area contributed by atoms with Crippen molar-refractivity contribution < 1.29 is 4.74 Å². The molecule has 17 heavy (non-hydrogen) atoms. The molecule has 1 aliphatic rings. The van der Waals surface area contributed by atoms with E-state index >= 15 is 0 Å². The van der Waals surface area contributed by atoms with Crippen molar-refractivity contribution in [3.8, 4) is 5.75 Å². The Balaban J connectivity index is 2.39. The van der Waals surface area contributed by atoms with Gasteiger partial charge in [-0.25, -0.2) is 0 Å². The van der Waals surface area contributed by atoms with E-state index in [-0.39, 0.29) is 0 Å². The molecule has 1 aliphatic heterocycles. The zero-order valence-corrected chi connectivity index (χ0v) is 10.3. The summed E-state index contributed by atoms with van der Waals surface area (Å²) >= 11 is 6.19. The molecule has 2 aromatic rings. The second-order valence-corrected chi connectivity index (χ2v) is 4.54. The van der Waals surface area contributed by atoms with Crippen LogP contribution in [0.2, 0.25) is 5.02 Å². The highest BCUT2D eigenvalue weighted by atomic mass is 35.5. The Morgan fingerprint density at radius 1 is 1.41 bits per heavy atom. The minimum atomic E-state index is 0.683. The summed E-state index contributed by atoms with van der Waals surface area (Å²) in [5.74, 6) is 0.903. The molecular formula is C13H13ClN2O. The van der Waals surface area contributed by atoms with Gasteiger partial charge < -0.3 is 10.1 Å². The van der Waals surface area contributed by atoms with Gasteiger partial charge in [-0.05, 0) is 12.1 Å². The van der Waals surface area contributed by atoms with Gasteiger partial charge in [-0.15, -0.1) is 0 Å². The fourth-order valence-electron chi connectivity index (χ4n) is 2.35. The van der Waals surface area contributed by atoms with Crippen LogP contribution < -0.4 is 10.1 Å². The summed E-state index contributed by atoms with van der Waals surface area (Å²) in [5, 5.41) is 5.01. The minimum absolute atomic E-state index is 0.683. The van der Waals surface area contributed by atoms with E-state index in [9.17, 15) is 0 Å².